The summed E-state index contributed by atoms with van der Waals surface area (Å²) in [7, 11) is 0. The molecular formula is C12H11N3O3. The first-order valence-corrected chi connectivity index (χ1v) is 5.41. The molecular weight excluding hydrogens is 234 g/mol. The molecule has 6 nitrogen and oxygen atoms in total. The number of aromatic nitrogens is 3. The number of carbonyl (C=O) groups is 1. The SMILES string of the molecule is CCOC(=O)CC#Cc1cc2c(=O)[nH]cnn2c1. The second-order valence-corrected chi connectivity index (χ2v) is 3.46. The van der Waals surface area contributed by atoms with Gasteiger partial charge in [0, 0.05) is 11.8 Å². The van der Waals surface area contributed by atoms with E-state index in [1.54, 1.807) is 19.2 Å². The molecule has 0 aliphatic rings. The van der Waals surface area contributed by atoms with Crippen molar-refractivity contribution in [3.63, 3.8) is 0 Å². The van der Waals surface area contributed by atoms with E-state index in [2.05, 4.69) is 21.9 Å². The predicted molar refractivity (Wildman–Crippen MR) is 63.9 cm³/mol. The predicted octanol–water partition coefficient (Wildman–Crippen LogP) is 0.327. The zero-order chi connectivity index (χ0) is 13.0. The number of H-pyrrole nitrogens is 1. The Balaban J connectivity index is 2.18. The van der Waals surface area contributed by atoms with E-state index in [0.29, 0.717) is 17.7 Å². The average molecular weight is 245 g/mol. The summed E-state index contributed by atoms with van der Waals surface area (Å²) in [4.78, 5) is 25.0. The molecule has 0 bridgehead atoms. The van der Waals surface area contributed by atoms with Crippen molar-refractivity contribution in [1.29, 1.82) is 0 Å². The molecule has 0 aliphatic carbocycles. The highest BCUT2D eigenvalue weighted by Crippen LogP contribution is 2.02. The third-order valence-corrected chi connectivity index (χ3v) is 2.18. The average Bonchev–Trinajstić information content (AvgIpc) is 2.74. The fourth-order valence-corrected chi connectivity index (χ4v) is 1.44. The summed E-state index contributed by atoms with van der Waals surface area (Å²) in [5.41, 5.74) is 0.810. The van der Waals surface area contributed by atoms with Crippen molar-refractivity contribution in [1.82, 2.24) is 14.6 Å². The van der Waals surface area contributed by atoms with Gasteiger partial charge in [-0.05, 0) is 13.0 Å². The van der Waals surface area contributed by atoms with Crippen LogP contribution in [0.15, 0.2) is 23.4 Å². The van der Waals surface area contributed by atoms with E-state index in [0.717, 1.165) is 0 Å². The summed E-state index contributed by atoms with van der Waals surface area (Å²) in [5, 5.41) is 3.94. The first-order chi connectivity index (χ1) is 8.70. The van der Waals surface area contributed by atoms with Gasteiger partial charge in [0.2, 0.25) is 0 Å². The van der Waals surface area contributed by atoms with Gasteiger partial charge < -0.3 is 9.72 Å². The third-order valence-electron chi connectivity index (χ3n) is 2.18. The quantitative estimate of drug-likeness (QED) is 0.611. The van der Waals surface area contributed by atoms with Gasteiger partial charge >= 0.3 is 5.97 Å². The number of carbonyl (C=O) groups excluding carboxylic acids is 1. The molecule has 0 unspecified atom stereocenters. The molecule has 18 heavy (non-hydrogen) atoms. The minimum Gasteiger partial charge on any atom is -0.465 e. The normalized spacial score (nSPS) is 9.83. The first-order valence-electron chi connectivity index (χ1n) is 5.41. The van der Waals surface area contributed by atoms with Crippen molar-refractivity contribution in [2.24, 2.45) is 0 Å². The van der Waals surface area contributed by atoms with Gasteiger partial charge in [-0.3, -0.25) is 9.59 Å². The smallest absolute Gasteiger partial charge is 0.317 e. The molecule has 0 amide bonds. The van der Waals surface area contributed by atoms with Crippen LogP contribution in [0.25, 0.3) is 5.52 Å². The van der Waals surface area contributed by atoms with Gasteiger partial charge in [-0.15, -0.1) is 0 Å². The zero-order valence-electron chi connectivity index (χ0n) is 9.77. The first kappa shape index (κ1) is 11.9. The molecule has 2 aromatic heterocycles. The van der Waals surface area contributed by atoms with Crippen LogP contribution in [0.4, 0.5) is 0 Å². The van der Waals surface area contributed by atoms with Crippen LogP contribution in [0.1, 0.15) is 18.9 Å². The maximum Gasteiger partial charge on any atom is 0.317 e. The summed E-state index contributed by atoms with van der Waals surface area (Å²) in [6.45, 7) is 2.08. The van der Waals surface area contributed by atoms with Crippen molar-refractivity contribution in [2.45, 2.75) is 13.3 Å². The van der Waals surface area contributed by atoms with E-state index >= 15 is 0 Å². The lowest BCUT2D eigenvalue weighted by Crippen LogP contribution is -2.09. The summed E-state index contributed by atoms with van der Waals surface area (Å²) in [5.74, 6) is 5.12. The van der Waals surface area contributed by atoms with Gasteiger partial charge in [0.25, 0.3) is 5.56 Å². The minimum absolute atomic E-state index is 0.0316. The van der Waals surface area contributed by atoms with Crippen molar-refractivity contribution in [2.75, 3.05) is 6.61 Å². The Labute approximate surface area is 103 Å². The van der Waals surface area contributed by atoms with Crippen LogP contribution in [-0.4, -0.2) is 27.2 Å². The molecule has 2 heterocycles. The fourth-order valence-electron chi connectivity index (χ4n) is 1.44. The maximum atomic E-state index is 11.4. The number of esters is 1. The van der Waals surface area contributed by atoms with E-state index in [4.69, 9.17) is 4.74 Å². The van der Waals surface area contributed by atoms with Crippen LogP contribution in [0.3, 0.4) is 0 Å². The van der Waals surface area contributed by atoms with Crippen LogP contribution in [0.5, 0.6) is 0 Å². The minimum atomic E-state index is -0.357. The van der Waals surface area contributed by atoms with Crippen LogP contribution in [-0.2, 0) is 9.53 Å². The number of hydrogen-bond acceptors (Lipinski definition) is 4. The maximum absolute atomic E-state index is 11.4. The molecule has 1 N–H and O–H groups in total. The molecule has 0 radical (unpaired) electrons. The molecule has 0 spiro atoms. The molecule has 0 atom stereocenters. The van der Waals surface area contributed by atoms with Crippen LogP contribution >= 0.6 is 0 Å². The highest BCUT2D eigenvalue weighted by atomic mass is 16.5. The van der Waals surface area contributed by atoms with E-state index in [9.17, 15) is 9.59 Å². The summed E-state index contributed by atoms with van der Waals surface area (Å²) in [6, 6.07) is 1.62. The summed E-state index contributed by atoms with van der Waals surface area (Å²) in [6.07, 6.45) is 2.97. The second-order valence-electron chi connectivity index (χ2n) is 3.46. The van der Waals surface area contributed by atoms with Gasteiger partial charge in [0.1, 0.15) is 18.3 Å². The molecule has 2 rings (SSSR count). The molecule has 6 heteroatoms. The van der Waals surface area contributed by atoms with Crippen molar-refractivity contribution in [3.8, 4) is 11.8 Å². The van der Waals surface area contributed by atoms with Gasteiger partial charge in [0.15, 0.2) is 0 Å². The molecule has 0 saturated heterocycles. The lowest BCUT2D eigenvalue weighted by molar-refractivity contribution is -0.141. The zero-order valence-corrected chi connectivity index (χ0v) is 9.77. The van der Waals surface area contributed by atoms with Gasteiger partial charge in [-0.2, -0.15) is 5.10 Å². The molecule has 2 aromatic rings. The Morgan fingerprint density at radius 1 is 1.61 bits per heavy atom. The molecule has 0 aromatic carbocycles. The second kappa shape index (κ2) is 5.19. The molecule has 0 saturated carbocycles. The highest BCUT2D eigenvalue weighted by molar-refractivity contribution is 5.72. The Hall–Kier alpha value is -2.55. The van der Waals surface area contributed by atoms with Gasteiger partial charge in [0.05, 0.1) is 6.61 Å². The summed E-state index contributed by atoms with van der Waals surface area (Å²) >= 11 is 0. The summed E-state index contributed by atoms with van der Waals surface area (Å²) < 4.78 is 6.18. The van der Waals surface area contributed by atoms with E-state index in [1.807, 2.05) is 0 Å². The molecule has 0 fully saturated rings. The monoisotopic (exact) mass is 245 g/mol. The highest BCUT2D eigenvalue weighted by Gasteiger charge is 2.01. The largest absolute Gasteiger partial charge is 0.465 e. The van der Waals surface area contributed by atoms with Crippen LogP contribution < -0.4 is 5.56 Å². The third kappa shape index (κ3) is 2.58. The molecule has 92 valence electrons. The van der Waals surface area contributed by atoms with E-state index < -0.39 is 0 Å². The number of rotatable bonds is 2. The Kier molecular flexibility index (Phi) is 3.44. The standard InChI is InChI=1S/C12H11N3O3/c1-2-18-11(16)5-3-4-9-6-10-12(17)13-8-14-15(10)7-9/h6-8H,2,5H2,1H3,(H,13,14,17). The van der Waals surface area contributed by atoms with Gasteiger partial charge in [-0.1, -0.05) is 11.8 Å². The Morgan fingerprint density at radius 3 is 3.17 bits per heavy atom. The topological polar surface area (TPSA) is 76.5 Å². The number of aromatic amines is 1. The lowest BCUT2D eigenvalue weighted by Gasteiger charge is -1.94. The number of fused-ring (bicyclic) bond motifs is 1. The van der Waals surface area contributed by atoms with Gasteiger partial charge in [-0.25, -0.2) is 4.52 Å². The van der Waals surface area contributed by atoms with Crippen LogP contribution in [0, 0.1) is 11.8 Å². The number of nitrogens with one attached hydrogen (secondary N) is 1. The van der Waals surface area contributed by atoms with E-state index in [1.165, 1.54) is 10.8 Å². The van der Waals surface area contributed by atoms with Crippen molar-refractivity contribution < 1.29 is 9.53 Å². The van der Waals surface area contributed by atoms with Crippen molar-refractivity contribution >= 4 is 11.5 Å². The Bertz CT molecular complexity index is 688. The number of ether oxygens (including phenoxy) is 1. The fraction of sp³-hybridized carbons (Fsp3) is 0.250. The number of hydrogen-bond donors (Lipinski definition) is 1. The van der Waals surface area contributed by atoms with Crippen LogP contribution in [0.2, 0.25) is 0 Å². The molecule has 0 aliphatic heterocycles. The van der Waals surface area contributed by atoms with Crippen molar-refractivity contribution in [3.05, 3.63) is 34.5 Å². The number of nitrogens with zero attached hydrogens (tertiary/aromatic N) is 2. The lowest BCUT2D eigenvalue weighted by atomic mass is 10.3. The Morgan fingerprint density at radius 2 is 2.44 bits per heavy atom. The van der Waals surface area contributed by atoms with E-state index in [-0.39, 0.29) is 17.9 Å².